The lowest BCUT2D eigenvalue weighted by Crippen LogP contribution is -2.59. The van der Waals surface area contributed by atoms with Crippen LogP contribution in [0.1, 0.15) is 52.6 Å². The Labute approximate surface area is 236 Å². The number of fused-ring (bicyclic) bond motifs is 2. The number of hydrogen-bond donors (Lipinski definition) is 1. The van der Waals surface area contributed by atoms with Gasteiger partial charge in [-0.25, -0.2) is 0 Å². The fourth-order valence-corrected chi connectivity index (χ4v) is 9.50. The van der Waals surface area contributed by atoms with Crippen molar-refractivity contribution in [2.24, 2.45) is 17.3 Å². The molecule has 1 spiro atoms. The molecule has 1 aromatic rings. The highest BCUT2D eigenvalue weighted by Crippen LogP contribution is 2.62. The largest absolute Gasteiger partial charge is 0.394 e. The average molecular weight is 552 g/mol. The number of aliphatic hydroxyl groups is 1. The van der Waals surface area contributed by atoms with E-state index in [1.807, 2.05) is 59.5 Å². The molecule has 39 heavy (non-hydrogen) atoms. The smallest absolute Gasteiger partial charge is 0.247 e. The van der Waals surface area contributed by atoms with E-state index in [0.29, 0.717) is 13.1 Å². The molecule has 8 heteroatoms. The average Bonchev–Trinajstić information content (AvgIpc) is 3.17. The number of benzene rings is 1. The molecule has 1 unspecified atom stereocenters. The predicted molar refractivity (Wildman–Crippen MR) is 154 cm³/mol. The number of thioether (sulfide) groups is 1. The summed E-state index contributed by atoms with van der Waals surface area (Å²) < 4.78 is -0.906. The molecule has 4 aliphatic rings. The maximum Gasteiger partial charge on any atom is 0.247 e. The molecule has 4 aliphatic heterocycles. The summed E-state index contributed by atoms with van der Waals surface area (Å²) in [5.74, 6) is -1.68. The molecule has 0 aromatic heterocycles. The van der Waals surface area contributed by atoms with E-state index in [-0.39, 0.29) is 35.0 Å². The lowest BCUT2D eigenvalue weighted by molar-refractivity contribution is -0.149. The number of carbonyl (C=O) groups excluding carboxylic acids is 3. The van der Waals surface area contributed by atoms with Crippen LogP contribution in [0.3, 0.4) is 0 Å². The van der Waals surface area contributed by atoms with Gasteiger partial charge < -0.3 is 19.8 Å². The third kappa shape index (κ3) is 4.53. The van der Waals surface area contributed by atoms with Crippen LogP contribution in [0.15, 0.2) is 54.6 Å². The lowest BCUT2D eigenvalue weighted by Gasteiger charge is -2.45. The first-order chi connectivity index (χ1) is 18.3. The van der Waals surface area contributed by atoms with E-state index in [2.05, 4.69) is 34.6 Å². The van der Waals surface area contributed by atoms with E-state index in [0.717, 1.165) is 12.0 Å². The Balaban J connectivity index is 1.67. The SMILES string of the molecule is CN1CC=C[C@@H]2S[C@]34C=CCN(C(C)(C)CC(C)(C)C)C(=O)C3N([C@H](CO)c3ccccc3)C(=O)[C@@H]4[C@@H]2C1=O. The molecule has 1 aromatic carbocycles. The summed E-state index contributed by atoms with van der Waals surface area (Å²) in [6.45, 7) is 11.3. The number of hydrogen-bond acceptors (Lipinski definition) is 5. The second kappa shape index (κ2) is 9.81. The monoisotopic (exact) mass is 551 g/mol. The van der Waals surface area contributed by atoms with Crippen LogP contribution in [-0.2, 0) is 14.4 Å². The molecular weight excluding hydrogens is 510 g/mol. The summed E-state index contributed by atoms with van der Waals surface area (Å²) in [5, 5.41) is 10.5. The van der Waals surface area contributed by atoms with Gasteiger partial charge in [-0.05, 0) is 31.2 Å². The van der Waals surface area contributed by atoms with Crippen molar-refractivity contribution in [1.82, 2.24) is 14.7 Å². The first-order valence-corrected chi connectivity index (χ1v) is 14.8. The third-order valence-electron chi connectivity index (χ3n) is 8.68. The Morgan fingerprint density at radius 3 is 2.33 bits per heavy atom. The number of nitrogens with zero attached hydrogens (tertiary/aromatic N) is 3. The molecule has 6 atom stereocenters. The third-order valence-corrected chi connectivity index (χ3v) is 10.4. The molecule has 2 saturated heterocycles. The molecule has 0 saturated carbocycles. The molecule has 1 N–H and O–H groups in total. The van der Waals surface area contributed by atoms with Crippen molar-refractivity contribution < 1.29 is 19.5 Å². The van der Waals surface area contributed by atoms with E-state index >= 15 is 0 Å². The highest BCUT2D eigenvalue weighted by Gasteiger charge is 2.72. The molecule has 7 nitrogen and oxygen atoms in total. The zero-order valence-corrected chi connectivity index (χ0v) is 24.6. The minimum atomic E-state index is -0.906. The van der Waals surface area contributed by atoms with Crippen LogP contribution in [-0.4, -0.2) is 85.8 Å². The van der Waals surface area contributed by atoms with Gasteiger partial charge in [-0.2, -0.15) is 0 Å². The second-order valence-corrected chi connectivity index (χ2v) is 14.7. The minimum absolute atomic E-state index is 0.0139. The van der Waals surface area contributed by atoms with E-state index in [4.69, 9.17) is 0 Å². The van der Waals surface area contributed by atoms with E-state index < -0.39 is 34.2 Å². The molecule has 2 fully saturated rings. The maximum absolute atomic E-state index is 14.8. The summed E-state index contributed by atoms with van der Waals surface area (Å²) >= 11 is 1.58. The van der Waals surface area contributed by atoms with Crippen molar-refractivity contribution in [2.45, 2.75) is 68.7 Å². The van der Waals surface area contributed by atoms with Gasteiger partial charge in [-0.15, -0.1) is 11.8 Å². The van der Waals surface area contributed by atoms with E-state index in [9.17, 15) is 19.5 Å². The Kier molecular flexibility index (Phi) is 7.03. The molecule has 4 heterocycles. The Morgan fingerprint density at radius 1 is 1.00 bits per heavy atom. The molecule has 3 amide bonds. The normalized spacial score (nSPS) is 31.7. The zero-order chi connectivity index (χ0) is 28.3. The summed E-state index contributed by atoms with van der Waals surface area (Å²) in [7, 11) is 1.77. The van der Waals surface area contributed by atoms with Gasteiger partial charge in [0.2, 0.25) is 17.7 Å². The van der Waals surface area contributed by atoms with Gasteiger partial charge in [0, 0.05) is 30.9 Å². The van der Waals surface area contributed by atoms with Crippen LogP contribution in [0, 0.1) is 17.3 Å². The minimum Gasteiger partial charge on any atom is -0.394 e. The fourth-order valence-electron chi connectivity index (χ4n) is 7.51. The van der Waals surface area contributed by atoms with Crippen molar-refractivity contribution in [3.05, 3.63) is 60.2 Å². The van der Waals surface area contributed by atoms with Crippen molar-refractivity contribution in [3.8, 4) is 0 Å². The van der Waals surface area contributed by atoms with Crippen LogP contribution in [0.25, 0.3) is 0 Å². The van der Waals surface area contributed by atoms with E-state index in [1.165, 1.54) is 0 Å². The molecule has 0 aliphatic carbocycles. The van der Waals surface area contributed by atoms with Gasteiger partial charge >= 0.3 is 0 Å². The van der Waals surface area contributed by atoms with Crippen LogP contribution >= 0.6 is 11.8 Å². The zero-order valence-electron chi connectivity index (χ0n) is 23.8. The predicted octanol–water partition coefficient (Wildman–Crippen LogP) is 3.66. The Hall–Kier alpha value is -2.58. The van der Waals surface area contributed by atoms with Crippen molar-refractivity contribution in [1.29, 1.82) is 0 Å². The van der Waals surface area contributed by atoms with Gasteiger partial charge in [0.25, 0.3) is 0 Å². The van der Waals surface area contributed by atoms with Crippen LogP contribution in [0.5, 0.6) is 0 Å². The molecule has 0 radical (unpaired) electrons. The molecule has 210 valence electrons. The van der Waals surface area contributed by atoms with Crippen LogP contribution in [0.2, 0.25) is 0 Å². The standard InChI is InChI=1S/C31H41N3O4S/c1-29(2,3)19-30(4,5)33-17-11-15-31-24(23-22(39-31)14-10-16-32(6)26(23)36)27(37)34(25(31)28(33)38)21(18-35)20-12-8-7-9-13-20/h7-15,21-25,35H,16-19H2,1-6H3/t21-,22+,23-,24+,25?,31+/m1/s1. The van der Waals surface area contributed by atoms with Crippen LogP contribution < -0.4 is 0 Å². The van der Waals surface area contributed by atoms with Crippen molar-refractivity contribution >= 4 is 29.5 Å². The molecular formula is C31H41N3O4S. The first-order valence-electron chi connectivity index (χ1n) is 13.9. The van der Waals surface area contributed by atoms with Crippen molar-refractivity contribution in [3.63, 3.8) is 0 Å². The summed E-state index contributed by atoms with van der Waals surface area (Å²) in [6, 6.07) is 7.89. The number of likely N-dealkylation sites (N-methyl/N-ethyl adjacent to an activating group) is 1. The second-order valence-electron chi connectivity index (χ2n) is 13.2. The quantitative estimate of drug-likeness (QED) is 0.565. The number of rotatable bonds is 5. The Morgan fingerprint density at radius 2 is 1.69 bits per heavy atom. The highest BCUT2D eigenvalue weighted by molar-refractivity contribution is 8.02. The lowest BCUT2D eigenvalue weighted by atomic mass is 9.77. The summed E-state index contributed by atoms with van der Waals surface area (Å²) in [5.41, 5.74) is 0.291. The highest BCUT2D eigenvalue weighted by atomic mass is 32.2. The number of amides is 3. The Bertz CT molecular complexity index is 1210. The number of aliphatic hydroxyl groups excluding tert-OH is 1. The van der Waals surface area contributed by atoms with Gasteiger partial charge in [-0.1, -0.05) is 75.4 Å². The molecule has 5 rings (SSSR count). The number of likely N-dealkylation sites (tertiary alicyclic amines) is 1. The van der Waals surface area contributed by atoms with Gasteiger partial charge in [-0.3, -0.25) is 14.4 Å². The number of carbonyl (C=O) groups is 3. The van der Waals surface area contributed by atoms with Crippen LogP contribution in [0.4, 0.5) is 0 Å². The molecule has 0 bridgehead atoms. The van der Waals surface area contributed by atoms with Gasteiger partial charge in [0.1, 0.15) is 6.04 Å². The fraction of sp³-hybridized carbons (Fsp3) is 0.581. The first kappa shape index (κ1) is 28.0. The van der Waals surface area contributed by atoms with Gasteiger partial charge in [0.05, 0.1) is 29.2 Å². The van der Waals surface area contributed by atoms with Crippen molar-refractivity contribution in [2.75, 3.05) is 26.7 Å². The maximum atomic E-state index is 14.8. The summed E-state index contributed by atoms with van der Waals surface area (Å²) in [6.07, 6.45) is 8.89. The summed E-state index contributed by atoms with van der Waals surface area (Å²) in [4.78, 5) is 48.3. The topological polar surface area (TPSA) is 81.2 Å². The van der Waals surface area contributed by atoms with E-state index in [1.54, 1.807) is 28.6 Å². The van der Waals surface area contributed by atoms with Gasteiger partial charge in [0.15, 0.2) is 0 Å².